The van der Waals surface area contributed by atoms with E-state index in [1.54, 1.807) is 0 Å². The molecule has 0 bridgehead atoms. The summed E-state index contributed by atoms with van der Waals surface area (Å²) in [5.41, 5.74) is 1.90. The quantitative estimate of drug-likeness (QED) is 0.766. The Bertz CT molecular complexity index is 671. The van der Waals surface area contributed by atoms with Gasteiger partial charge in [0.15, 0.2) is 0 Å². The number of aryl methyl sites for hydroxylation is 1. The summed E-state index contributed by atoms with van der Waals surface area (Å²) in [4.78, 5) is 30.8. The molecule has 4 nitrogen and oxygen atoms in total. The molecule has 1 atom stereocenters. The van der Waals surface area contributed by atoms with Crippen molar-refractivity contribution in [1.29, 1.82) is 0 Å². The Kier molecular flexibility index (Phi) is 6.03. The fourth-order valence-corrected chi connectivity index (χ4v) is 5.48. The van der Waals surface area contributed by atoms with Crippen molar-refractivity contribution in [3.05, 3.63) is 35.4 Å². The van der Waals surface area contributed by atoms with Gasteiger partial charge >= 0.3 is 0 Å². The fourth-order valence-electron chi connectivity index (χ4n) is 5.48. The summed E-state index contributed by atoms with van der Waals surface area (Å²) < 4.78 is 0. The number of rotatable bonds is 4. The van der Waals surface area contributed by atoms with Gasteiger partial charge in [0.05, 0.1) is 5.92 Å². The minimum Gasteiger partial charge on any atom is -0.338 e. The van der Waals surface area contributed by atoms with Crippen molar-refractivity contribution in [3.63, 3.8) is 0 Å². The van der Waals surface area contributed by atoms with Crippen molar-refractivity contribution in [3.8, 4) is 0 Å². The van der Waals surface area contributed by atoms with Gasteiger partial charge in [0.25, 0.3) is 5.91 Å². The van der Waals surface area contributed by atoms with Gasteiger partial charge in [0.1, 0.15) is 0 Å². The van der Waals surface area contributed by atoms with Crippen LogP contribution in [0.15, 0.2) is 24.3 Å². The average molecular weight is 383 g/mol. The van der Waals surface area contributed by atoms with E-state index in [0.29, 0.717) is 24.5 Å². The SMILES string of the molecule is Cc1ccc(C(=O)N2CCCC(C(=O)N(C3CCCC3)C3CCCC3)C2)cc1. The Morgan fingerprint density at radius 1 is 0.857 bits per heavy atom. The average Bonchev–Trinajstić information content (AvgIpc) is 3.43. The van der Waals surface area contributed by atoms with Crippen LogP contribution in [0.2, 0.25) is 0 Å². The molecule has 4 heteroatoms. The second kappa shape index (κ2) is 8.67. The van der Waals surface area contributed by atoms with E-state index in [1.807, 2.05) is 36.1 Å². The van der Waals surface area contributed by atoms with E-state index in [0.717, 1.165) is 30.5 Å². The summed E-state index contributed by atoms with van der Waals surface area (Å²) in [5.74, 6) is 0.385. The molecule has 1 heterocycles. The molecule has 2 aliphatic carbocycles. The first-order valence-corrected chi connectivity index (χ1v) is 11.3. The van der Waals surface area contributed by atoms with Crippen molar-refractivity contribution in [2.75, 3.05) is 13.1 Å². The topological polar surface area (TPSA) is 40.6 Å². The van der Waals surface area contributed by atoms with Crippen LogP contribution in [0.3, 0.4) is 0 Å². The molecule has 1 saturated heterocycles. The number of benzene rings is 1. The predicted molar refractivity (Wildman–Crippen MR) is 111 cm³/mol. The molecule has 4 rings (SSSR count). The van der Waals surface area contributed by atoms with Gasteiger partial charge in [-0.1, -0.05) is 43.4 Å². The number of carbonyl (C=O) groups is 2. The molecule has 152 valence electrons. The largest absolute Gasteiger partial charge is 0.338 e. The number of hydrogen-bond donors (Lipinski definition) is 0. The summed E-state index contributed by atoms with van der Waals surface area (Å²) in [6, 6.07) is 8.68. The highest BCUT2D eigenvalue weighted by atomic mass is 16.2. The van der Waals surface area contributed by atoms with Crippen LogP contribution in [0.5, 0.6) is 0 Å². The summed E-state index contributed by atoms with van der Waals surface area (Å²) in [6.45, 7) is 3.38. The molecule has 2 amide bonds. The third-order valence-corrected chi connectivity index (χ3v) is 7.05. The van der Waals surface area contributed by atoms with Crippen molar-refractivity contribution in [1.82, 2.24) is 9.80 Å². The zero-order chi connectivity index (χ0) is 19.5. The molecule has 0 aromatic heterocycles. The van der Waals surface area contributed by atoms with Crippen molar-refractivity contribution in [2.24, 2.45) is 5.92 Å². The monoisotopic (exact) mass is 382 g/mol. The van der Waals surface area contributed by atoms with Crippen LogP contribution in [0, 0.1) is 12.8 Å². The zero-order valence-corrected chi connectivity index (χ0v) is 17.2. The molecule has 0 N–H and O–H groups in total. The molecular formula is C24H34N2O2. The third kappa shape index (κ3) is 4.11. The lowest BCUT2D eigenvalue weighted by molar-refractivity contribution is -0.142. The third-order valence-electron chi connectivity index (χ3n) is 7.05. The van der Waals surface area contributed by atoms with Gasteiger partial charge in [-0.05, 0) is 57.6 Å². The molecule has 1 aromatic rings. The highest BCUT2D eigenvalue weighted by Gasteiger charge is 2.39. The van der Waals surface area contributed by atoms with Gasteiger partial charge in [-0.2, -0.15) is 0 Å². The Hall–Kier alpha value is -1.84. The molecule has 3 aliphatic rings. The highest BCUT2D eigenvalue weighted by Crippen LogP contribution is 2.34. The molecule has 1 aromatic carbocycles. The van der Waals surface area contributed by atoms with Crippen LogP contribution in [0.25, 0.3) is 0 Å². The number of amides is 2. The van der Waals surface area contributed by atoms with Crippen LogP contribution in [-0.4, -0.2) is 46.8 Å². The lowest BCUT2D eigenvalue weighted by Gasteiger charge is -2.40. The van der Waals surface area contributed by atoms with Crippen molar-refractivity contribution >= 4 is 11.8 Å². The number of piperidine rings is 1. The summed E-state index contributed by atoms with van der Waals surface area (Å²) >= 11 is 0. The van der Waals surface area contributed by atoms with Crippen molar-refractivity contribution < 1.29 is 9.59 Å². The van der Waals surface area contributed by atoms with Crippen LogP contribution in [0.1, 0.15) is 80.1 Å². The number of likely N-dealkylation sites (tertiary alicyclic amines) is 1. The fraction of sp³-hybridized carbons (Fsp3) is 0.667. The molecule has 1 aliphatic heterocycles. The lowest BCUT2D eigenvalue weighted by Crippen LogP contribution is -2.52. The number of carbonyl (C=O) groups excluding carboxylic acids is 2. The summed E-state index contributed by atoms with van der Waals surface area (Å²) in [7, 11) is 0. The lowest BCUT2D eigenvalue weighted by atomic mass is 9.93. The van der Waals surface area contributed by atoms with Crippen molar-refractivity contribution in [2.45, 2.75) is 83.2 Å². The van der Waals surface area contributed by atoms with Gasteiger partial charge in [0, 0.05) is 30.7 Å². The van der Waals surface area contributed by atoms with E-state index < -0.39 is 0 Å². The molecule has 0 radical (unpaired) electrons. The second-order valence-electron chi connectivity index (χ2n) is 9.08. The Balaban J connectivity index is 1.46. The Morgan fingerprint density at radius 2 is 1.43 bits per heavy atom. The molecule has 0 spiro atoms. The minimum absolute atomic E-state index is 0.0238. The van der Waals surface area contributed by atoms with E-state index >= 15 is 0 Å². The van der Waals surface area contributed by atoms with Gasteiger partial charge in [-0.25, -0.2) is 0 Å². The van der Waals surface area contributed by atoms with Crippen LogP contribution < -0.4 is 0 Å². The van der Waals surface area contributed by atoms with Gasteiger partial charge in [-0.3, -0.25) is 9.59 Å². The maximum Gasteiger partial charge on any atom is 0.253 e. The zero-order valence-electron chi connectivity index (χ0n) is 17.2. The predicted octanol–water partition coefficient (Wildman–Crippen LogP) is 4.56. The minimum atomic E-state index is -0.0238. The van der Waals surface area contributed by atoms with E-state index in [-0.39, 0.29) is 11.8 Å². The standard InChI is InChI=1S/C24H34N2O2/c1-18-12-14-19(15-13-18)23(27)25-16-6-7-20(17-25)24(28)26(21-8-2-3-9-21)22-10-4-5-11-22/h12-15,20-22H,2-11,16-17H2,1H3. The molecule has 2 saturated carbocycles. The van der Waals surface area contributed by atoms with E-state index in [4.69, 9.17) is 0 Å². The van der Waals surface area contributed by atoms with Crippen LogP contribution in [0.4, 0.5) is 0 Å². The molecule has 3 fully saturated rings. The van der Waals surface area contributed by atoms with E-state index in [9.17, 15) is 9.59 Å². The Morgan fingerprint density at radius 3 is 2.00 bits per heavy atom. The van der Waals surface area contributed by atoms with E-state index in [2.05, 4.69) is 4.90 Å². The number of hydrogen-bond acceptors (Lipinski definition) is 2. The van der Waals surface area contributed by atoms with Gasteiger partial charge in [0.2, 0.25) is 5.91 Å². The van der Waals surface area contributed by atoms with Gasteiger partial charge < -0.3 is 9.80 Å². The van der Waals surface area contributed by atoms with Crippen LogP contribution in [-0.2, 0) is 4.79 Å². The first kappa shape index (κ1) is 19.5. The van der Waals surface area contributed by atoms with E-state index in [1.165, 1.54) is 51.4 Å². The maximum absolute atomic E-state index is 13.6. The number of nitrogens with zero attached hydrogens (tertiary/aromatic N) is 2. The normalized spacial score (nSPS) is 23.9. The summed E-state index contributed by atoms with van der Waals surface area (Å²) in [5, 5.41) is 0. The molecule has 28 heavy (non-hydrogen) atoms. The first-order valence-electron chi connectivity index (χ1n) is 11.3. The summed E-state index contributed by atoms with van der Waals surface area (Å²) in [6.07, 6.45) is 11.5. The maximum atomic E-state index is 13.6. The second-order valence-corrected chi connectivity index (χ2v) is 9.08. The molecule has 1 unspecified atom stereocenters. The van der Waals surface area contributed by atoms with Crippen LogP contribution >= 0.6 is 0 Å². The molecular weight excluding hydrogens is 348 g/mol. The Labute approximate surface area is 169 Å². The smallest absolute Gasteiger partial charge is 0.253 e. The first-order chi connectivity index (χ1) is 13.6. The highest BCUT2D eigenvalue weighted by molar-refractivity contribution is 5.94. The van der Waals surface area contributed by atoms with Gasteiger partial charge in [-0.15, -0.1) is 0 Å².